The maximum atomic E-state index is 13.8. The van der Waals surface area contributed by atoms with Crippen molar-refractivity contribution in [1.82, 2.24) is 4.57 Å². The van der Waals surface area contributed by atoms with Crippen LogP contribution in [0.4, 0.5) is 0 Å². The number of esters is 1. The van der Waals surface area contributed by atoms with E-state index in [1.54, 1.807) is 16.7 Å². The van der Waals surface area contributed by atoms with Crippen molar-refractivity contribution in [2.24, 2.45) is 4.99 Å². The lowest BCUT2D eigenvalue weighted by Gasteiger charge is -2.25. The van der Waals surface area contributed by atoms with Crippen molar-refractivity contribution in [3.63, 3.8) is 0 Å². The second-order valence-electron chi connectivity index (χ2n) is 7.91. The highest BCUT2D eigenvalue weighted by atomic mass is 127. The number of ether oxygens (including phenoxy) is 3. The summed E-state index contributed by atoms with van der Waals surface area (Å²) in [6, 6.07) is 14.4. The molecule has 10 heteroatoms. The summed E-state index contributed by atoms with van der Waals surface area (Å²) in [6.45, 7) is 4.10. The van der Waals surface area contributed by atoms with Gasteiger partial charge in [0.05, 0.1) is 39.1 Å². The standard InChI is InChI=1S/C27H24IN3O5S/c1-4-19-22(26(33)34-3)23(17-9-7-6-8-10-17)31-25(32)21(37-27(31)30-19)15-16-13-18(28)24(36-12-11-29)20(14-16)35-5-2/h6-10,13-15,23H,4-5,12H2,1-3H3/b21-15-/t23-/m1/s1. The van der Waals surface area contributed by atoms with E-state index in [1.807, 2.05) is 56.3 Å². The van der Waals surface area contributed by atoms with Crippen LogP contribution in [0.15, 0.2) is 63.5 Å². The maximum absolute atomic E-state index is 13.8. The summed E-state index contributed by atoms with van der Waals surface area (Å²) in [7, 11) is 1.33. The summed E-state index contributed by atoms with van der Waals surface area (Å²) in [6.07, 6.45) is 2.29. The summed E-state index contributed by atoms with van der Waals surface area (Å²) in [4.78, 5) is 31.9. The number of hydrogen-bond acceptors (Lipinski definition) is 8. The monoisotopic (exact) mass is 629 g/mol. The highest BCUT2D eigenvalue weighted by molar-refractivity contribution is 14.1. The Balaban J connectivity index is 1.92. The number of methoxy groups -OCH3 is 1. The van der Waals surface area contributed by atoms with E-state index in [0.717, 1.165) is 14.7 Å². The molecule has 2 heterocycles. The predicted molar refractivity (Wildman–Crippen MR) is 148 cm³/mol. The molecule has 0 aliphatic carbocycles. The van der Waals surface area contributed by atoms with Gasteiger partial charge in [-0.3, -0.25) is 9.36 Å². The van der Waals surface area contributed by atoms with Crippen LogP contribution in [0.5, 0.6) is 11.5 Å². The van der Waals surface area contributed by atoms with E-state index in [1.165, 1.54) is 18.4 Å². The topological polar surface area (TPSA) is 103 Å². The minimum absolute atomic E-state index is 0.101. The molecule has 4 rings (SSSR count). The first-order valence-electron chi connectivity index (χ1n) is 11.6. The molecule has 0 saturated carbocycles. The van der Waals surface area contributed by atoms with Crippen molar-refractivity contribution in [3.05, 3.63) is 88.1 Å². The molecule has 37 heavy (non-hydrogen) atoms. The smallest absolute Gasteiger partial charge is 0.338 e. The number of carbonyl (C=O) groups is 1. The zero-order valence-electron chi connectivity index (χ0n) is 20.5. The fourth-order valence-corrected chi connectivity index (χ4v) is 5.95. The molecular weight excluding hydrogens is 605 g/mol. The van der Waals surface area contributed by atoms with Gasteiger partial charge in [-0.2, -0.15) is 5.26 Å². The molecule has 3 aromatic rings. The number of allylic oxidation sites excluding steroid dienone is 1. The van der Waals surface area contributed by atoms with Gasteiger partial charge < -0.3 is 14.2 Å². The molecule has 0 saturated heterocycles. The van der Waals surface area contributed by atoms with Gasteiger partial charge in [-0.15, -0.1) is 0 Å². The van der Waals surface area contributed by atoms with E-state index in [-0.39, 0.29) is 12.2 Å². The van der Waals surface area contributed by atoms with Crippen LogP contribution in [0.25, 0.3) is 6.08 Å². The first-order chi connectivity index (χ1) is 17.9. The number of aromatic nitrogens is 1. The van der Waals surface area contributed by atoms with Gasteiger partial charge in [-0.25, -0.2) is 9.79 Å². The first-order valence-corrected chi connectivity index (χ1v) is 13.5. The van der Waals surface area contributed by atoms with Crippen molar-refractivity contribution >= 4 is 46.0 Å². The van der Waals surface area contributed by atoms with Crippen LogP contribution >= 0.6 is 33.9 Å². The fraction of sp³-hybridized carbons (Fsp3) is 0.259. The predicted octanol–water partition coefficient (Wildman–Crippen LogP) is 3.70. The molecular formula is C27H24IN3O5S. The van der Waals surface area contributed by atoms with Gasteiger partial charge in [-0.05, 0) is 65.3 Å². The third kappa shape index (κ3) is 5.33. The molecule has 190 valence electrons. The molecule has 0 spiro atoms. The fourth-order valence-electron chi connectivity index (χ4n) is 4.15. The Morgan fingerprint density at radius 3 is 2.65 bits per heavy atom. The Bertz CT molecular complexity index is 1580. The molecule has 0 unspecified atom stereocenters. The maximum Gasteiger partial charge on any atom is 0.338 e. The number of fused-ring (bicyclic) bond motifs is 1. The van der Waals surface area contributed by atoms with Gasteiger partial charge >= 0.3 is 5.97 Å². The van der Waals surface area contributed by atoms with Gasteiger partial charge in [0.15, 0.2) is 22.9 Å². The normalized spacial score (nSPS) is 15.0. The van der Waals surface area contributed by atoms with Gasteiger partial charge in [0, 0.05) is 0 Å². The van der Waals surface area contributed by atoms with Crippen molar-refractivity contribution in [2.75, 3.05) is 20.3 Å². The second kappa shape index (κ2) is 11.7. The molecule has 1 aliphatic heterocycles. The highest BCUT2D eigenvalue weighted by Gasteiger charge is 2.33. The summed E-state index contributed by atoms with van der Waals surface area (Å²) in [5.74, 6) is 0.474. The van der Waals surface area contributed by atoms with Crippen molar-refractivity contribution < 1.29 is 19.0 Å². The van der Waals surface area contributed by atoms with Crippen molar-refractivity contribution in [1.29, 1.82) is 5.26 Å². The summed E-state index contributed by atoms with van der Waals surface area (Å²) in [5, 5.41) is 8.91. The lowest BCUT2D eigenvalue weighted by molar-refractivity contribution is -0.136. The number of rotatable bonds is 8. The summed E-state index contributed by atoms with van der Waals surface area (Å²) < 4.78 is 19.2. The zero-order valence-corrected chi connectivity index (χ0v) is 23.5. The quantitative estimate of drug-likeness (QED) is 0.278. The molecule has 8 nitrogen and oxygen atoms in total. The third-order valence-corrected chi connectivity index (χ3v) is 7.46. The highest BCUT2D eigenvalue weighted by Crippen LogP contribution is 2.35. The number of nitrogens with zero attached hydrogens (tertiary/aromatic N) is 3. The van der Waals surface area contributed by atoms with Gasteiger partial charge in [-0.1, -0.05) is 48.6 Å². The van der Waals surface area contributed by atoms with Crippen LogP contribution in [0.3, 0.4) is 0 Å². The molecule has 1 aromatic heterocycles. The number of carbonyl (C=O) groups excluding carboxylic acids is 1. The molecule has 0 bridgehead atoms. The summed E-state index contributed by atoms with van der Waals surface area (Å²) >= 11 is 3.38. The summed E-state index contributed by atoms with van der Waals surface area (Å²) in [5.41, 5.74) is 2.24. The van der Waals surface area contributed by atoms with Crippen LogP contribution < -0.4 is 24.4 Å². The third-order valence-electron chi connectivity index (χ3n) is 5.68. The number of hydrogen-bond donors (Lipinski definition) is 0. The van der Waals surface area contributed by atoms with Gasteiger partial charge in [0.1, 0.15) is 6.07 Å². The molecule has 0 amide bonds. The Morgan fingerprint density at radius 1 is 1.24 bits per heavy atom. The Morgan fingerprint density at radius 2 is 2.00 bits per heavy atom. The van der Waals surface area contributed by atoms with E-state index in [2.05, 4.69) is 27.6 Å². The number of nitriles is 1. The molecule has 1 atom stereocenters. The van der Waals surface area contributed by atoms with Crippen LogP contribution in [-0.4, -0.2) is 30.9 Å². The minimum Gasteiger partial charge on any atom is -0.490 e. The van der Waals surface area contributed by atoms with E-state index in [4.69, 9.17) is 19.5 Å². The van der Waals surface area contributed by atoms with Crippen molar-refractivity contribution in [2.45, 2.75) is 26.3 Å². The van der Waals surface area contributed by atoms with Crippen LogP contribution in [0, 0.1) is 14.9 Å². The Kier molecular flexibility index (Phi) is 8.45. The Labute approximate surface area is 231 Å². The van der Waals surface area contributed by atoms with Crippen LogP contribution in [0.2, 0.25) is 0 Å². The number of halogens is 1. The van der Waals surface area contributed by atoms with Crippen molar-refractivity contribution in [3.8, 4) is 17.6 Å². The lowest BCUT2D eigenvalue weighted by atomic mass is 9.95. The molecule has 0 N–H and O–H groups in total. The SMILES string of the molecule is CCOc1cc(/C=c2\sc3n(c2=O)[C@H](c2ccccc2)C(C(=O)OC)=C(CC)N=3)cc(I)c1OCC#N. The van der Waals surface area contributed by atoms with E-state index < -0.39 is 12.0 Å². The average Bonchev–Trinajstić information content (AvgIpc) is 3.21. The number of benzene rings is 2. The first kappa shape index (κ1) is 26.6. The lowest BCUT2D eigenvalue weighted by Crippen LogP contribution is -2.40. The van der Waals surface area contributed by atoms with Gasteiger partial charge in [0.25, 0.3) is 5.56 Å². The second-order valence-corrected chi connectivity index (χ2v) is 10.1. The molecule has 1 aliphatic rings. The average molecular weight is 629 g/mol. The van der Waals surface area contributed by atoms with Crippen LogP contribution in [-0.2, 0) is 9.53 Å². The molecule has 0 radical (unpaired) electrons. The van der Waals surface area contributed by atoms with Crippen LogP contribution in [0.1, 0.15) is 37.4 Å². The minimum atomic E-state index is -0.650. The zero-order chi connectivity index (χ0) is 26.5. The van der Waals surface area contributed by atoms with E-state index >= 15 is 0 Å². The van der Waals surface area contributed by atoms with E-state index in [0.29, 0.717) is 45.1 Å². The largest absolute Gasteiger partial charge is 0.490 e. The Hall–Kier alpha value is -3.43. The molecule has 0 fully saturated rings. The van der Waals surface area contributed by atoms with Gasteiger partial charge in [0.2, 0.25) is 0 Å². The molecule has 2 aromatic carbocycles. The van der Waals surface area contributed by atoms with E-state index in [9.17, 15) is 9.59 Å². The number of thiazole rings is 1.